The van der Waals surface area contributed by atoms with Gasteiger partial charge in [-0.1, -0.05) is 23.7 Å². The molecular weight excluding hydrogens is 377 g/mol. The molecule has 0 spiro atoms. The Balaban J connectivity index is 1.71. The number of benzene rings is 2. The summed E-state index contributed by atoms with van der Waals surface area (Å²) >= 11 is 11.7. The molecule has 132 valence electrons. The zero-order valence-corrected chi connectivity index (χ0v) is 16.2. The van der Waals surface area contributed by atoms with Crippen molar-refractivity contribution in [1.82, 2.24) is 0 Å². The van der Waals surface area contributed by atoms with Crippen molar-refractivity contribution in [2.24, 2.45) is 0 Å². The number of anilines is 1. The van der Waals surface area contributed by atoms with Crippen LogP contribution in [0.25, 0.3) is 6.08 Å². The van der Waals surface area contributed by atoms with E-state index in [1.54, 1.807) is 7.11 Å². The van der Waals surface area contributed by atoms with Crippen LogP contribution in [0.3, 0.4) is 0 Å². The third kappa shape index (κ3) is 4.32. The van der Waals surface area contributed by atoms with Crippen LogP contribution in [-0.2, 0) is 11.3 Å². The van der Waals surface area contributed by atoms with Gasteiger partial charge >= 0.3 is 0 Å². The second-order valence-corrected chi connectivity index (χ2v) is 8.67. The lowest BCUT2D eigenvalue weighted by Crippen LogP contribution is -2.02. The first-order chi connectivity index (χ1) is 12.1. The van der Waals surface area contributed by atoms with Gasteiger partial charge in [0.05, 0.1) is 12.1 Å². The van der Waals surface area contributed by atoms with Gasteiger partial charge in [-0.15, -0.1) is 0 Å². The summed E-state index contributed by atoms with van der Waals surface area (Å²) in [4.78, 5) is 12.3. The average Bonchev–Trinajstić information content (AvgIpc) is 3.02. The van der Waals surface area contributed by atoms with E-state index in [1.807, 2.05) is 24.3 Å². The maximum atomic E-state index is 11.0. The fourth-order valence-electron chi connectivity index (χ4n) is 2.80. The maximum Gasteiger partial charge on any atom is 0.222 e. The predicted molar refractivity (Wildman–Crippen MR) is 108 cm³/mol. The molecule has 3 rings (SSSR count). The lowest BCUT2D eigenvalue weighted by atomic mass is 10.1. The number of carbonyl (C=O) groups is 1. The number of hydrogen-bond acceptors (Lipinski definition) is 3. The van der Waals surface area contributed by atoms with Gasteiger partial charge in [-0.25, -0.2) is 10.9 Å². The number of hydrogen-bond donors (Lipinski definition) is 2. The van der Waals surface area contributed by atoms with Crippen molar-refractivity contribution < 1.29 is 9.53 Å². The van der Waals surface area contributed by atoms with E-state index >= 15 is 0 Å². The largest absolute Gasteiger partial charge is 0.495 e. The van der Waals surface area contributed by atoms with Gasteiger partial charge in [0.2, 0.25) is 5.24 Å². The van der Waals surface area contributed by atoms with Crippen molar-refractivity contribution in [3.63, 3.8) is 0 Å². The number of carbonyl (C=O) groups excluding carboxylic acids is 1. The fourth-order valence-corrected chi connectivity index (χ4v) is 5.41. The van der Waals surface area contributed by atoms with Crippen molar-refractivity contribution in [2.75, 3.05) is 18.2 Å². The minimum atomic E-state index is -0.450. The van der Waals surface area contributed by atoms with Crippen LogP contribution in [0.15, 0.2) is 46.7 Å². The molecule has 1 heterocycles. The molecule has 3 nitrogen and oxygen atoms in total. The molecule has 0 saturated heterocycles. The lowest BCUT2D eigenvalue weighted by molar-refractivity contribution is -0.111. The number of ether oxygens (including phenoxy) is 1. The molecule has 25 heavy (non-hydrogen) atoms. The van der Waals surface area contributed by atoms with E-state index in [2.05, 4.69) is 28.9 Å². The van der Waals surface area contributed by atoms with Gasteiger partial charge in [-0.3, -0.25) is 4.79 Å². The summed E-state index contributed by atoms with van der Waals surface area (Å²) in [6.45, 7) is 0.673. The van der Waals surface area contributed by atoms with E-state index in [-0.39, 0.29) is 5.24 Å². The minimum Gasteiger partial charge on any atom is -0.495 e. The molecule has 0 amide bonds. The smallest absolute Gasteiger partial charge is 0.222 e. The van der Waals surface area contributed by atoms with Gasteiger partial charge in [0.25, 0.3) is 0 Å². The van der Waals surface area contributed by atoms with Crippen molar-refractivity contribution in [3.05, 3.63) is 58.0 Å². The second-order valence-electron chi connectivity index (χ2n) is 5.68. The Hall–Kier alpha value is -1.62. The third-order valence-corrected chi connectivity index (χ3v) is 6.77. The molecule has 1 aliphatic heterocycles. The first kappa shape index (κ1) is 18.2. The SMILES string of the molecule is COc1ccc(CNc2cccc3c2C=C[SH]3CCC(=O)Cl)cc1Cl. The average molecular weight is 396 g/mol. The number of halogens is 2. The molecule has 1 atom stereocenters. The number of nitrogens with one attached hydrogen (secondary N) is 1. The Morgan fingerprint density at radius 3 is 2.84 bits per heavy atom. The Labute approximate surface area is 160 Å². The van der Waals surface area contributed by atoms with E-state index in [1.165, 1.54) is 10.5 Å². The standard InChI is InChI=1S/C19H19Cl2NO2S/c1-24-17-6-5-13(11-15(17)20)12-22-16-3-2-4-18-14(16)7-9-25(18)10-8-19(21)23/h2-7,9,11,22,25H,8,10,12H2,1H3. The Kier molecular flexibility index (Phi) is 5.94. The van der Waals surface area contributed by atoms with Crippen LogP contribution >= 0.6 is 34.1 Å². The molecule has 0 aliphatic carbocycles. The molecule has 1 aliphatic rings. The van der Waals surface area contributed by atoms with E-state index in [4.69, 9.17) is 27.9 Å². The number of fused-ring (bicyclic) bond motifs is 1. The van der Waals surface area contributed by atoms with Crippen molar-refractivity contribution >= 4 is 51.1 Å². The van der Waals surface area contributed by atoms with Crippen LogP contribution < -0.4 is 10.1 Å². The Bertz CT molecular complexity index is 823. The quantitative estimate of drug-likeness (QED) is 0.482. The first-order valence-corrected chi connectivity index (χ1v) is 10.3. The fraction of sp³-hybridized carbons (Fsp3) is 0.211. The summed E-state index contributed by atoms with van der Waals surface area (Å²) in [7, 11) is 1.16. The van der Waals surface area contributed by atoms with Crippen LogP contribution in [0.4, 0.5) is 5.69 Å². The van der Waals surface area contributed by atoms with E-state index in [0.29, 0.717) is 23.7 Å². The third-order valence-electron chi connectivity index (χ3n) is 4.06. The Morgan fingerprint density at radius 2 is 2.12 bits per heavy atom. The lowest BCUT2D eigenvalue weighted by Gasteiger charge is -2.16. The van der Waals surface area contributed by atoms with Crippen LogP contribution in [-0.4, -0.2) is 18.1 Å². The highest BCUT2D eigenvalue weighted by molar-refractivity contribution is 8.20. The Morgan fingerprint density at radius 1 is 1.28 bits per heavy atom. The van der Waals surface area contributed by atoms with Gasteiger partial charge in [-0.2, -0.15) is 0 Å². The van der Waals surface area contributed by atoms with Crippen molar-refractivity contribution in [2.45, 2.75) is 17.9 Å². The van der Waals surface area contributed by atoms with E-state index in [9.17, 15) is 4.79 Å². The molecule has 2 aromatic rings. The zero-order chi connectivity index (χ0) is 17.8. The summed E-state index contributed by atoms with van der Waals surface area (Å²) in [6.07, 6.45) is 2.56. The molecule has 0 bridgehead atoms. The van der Waals surface area contributed by atoms with Gasteiger partial charge in [0, 0.05) is 29.1 Å². The van der Waals surface area contributed by atoms with Crippen LogP contribution in [0.1, 0.15) is 17.5 Å². The van der Waals surface area contributed by atoms with E-state index in [0.717, 1.165) is 17.0 Å². The molecule has 1 unspecified atom stereocenters. The highest BCUT2D eigenvalue weighted by Crippen LogP contribution is 2.48. The second kappa shape index (κ2) is 8.17. The molecule has 6 heteroatoms. The van der Waals surface area contributed by atoms with Crippen molar-refractivity contribution in [3.8, 4) is 5.75 Å². The summed E-state index contributed by atoms with van der Waals surface area (Å²) in [5.74, 6) is 1.48. The van der Waals surface area contributed by atoms with Crippen molar-refractivity contribution in [1.29, 1.82) is 0 Å². The molecular formula is C19H19Cl2NO2S. The van der Waals surface area contributed by atoms with Gasteiger partial charge < -0.3 is 10.1 Å². The van der Waals surface area contributed by atoms with Gasteiger partial charge in [0.1, 0.15) is 5.75 Å². The summed E-state index contributed by atoms with van der Waals surface area (Å²) in [5, 5.41) is 6.02. The molecule has 0 saturated carbocycles. The van der Waals surface area contributed by atoms with Gasteiger partial charge in [0.15, 0.2) is 0 Å². The monoisotopic (exact) mass is 395 g/mol. The normalized spacial score (nSPS) is 16.5. The summed E-state index contributed by atoms with van der Waals surface area (Å²) in [6, 6.07) is 12.0. The number of rotatable bonds is 7. The number of methoxy groups -OCH3 is 1. The highest BCUT2D eigenvalue weighted by atomic mass is 35.5. The van der Waals surface area contributed by atoms with Crippen LogP contribution in [0.2, 0.25) is 5.02 Å². The van der Waals surface area contributed by atoms with E-state index < -0.39 is 10.9 Å². The number of thiol groups is 1. The predicted octanol–water partition coefficient (Wildman–Crippen LogP) is 5.46. The molecule has 0 fully saturated rings. The molecule has 2 aromatic carbocycles. The van der Waals surface area contributed by atoms with Crippen LogP contribution in [0.5, 0.6) is 5.75 Å². The topological polar surface area (TPSA) is 38.3 Å². The molecule has 0 radical (unpaired) electrons. The van der Waals surface area contributed by atoms with Gasteiger partial charge in [-0.05, 0) is 58.7 Å². The molecule has 1 N–H and O–H groups in total. The maximum absolute atomic E-state index is 11.0. The first-order valence-electron chi connectivity index (χ1n) is 7.91. The zero-order valence-electron chi connectivity index (χ0n) is 13.8. The minimum absolute atomic E-state index is 0.269. The molecule has 0 aromatic heterocycles. The van der Waals surface area contributed by atoms with Crippen LogP contribution in [0, 0.1) is 0 Å². The highest BCUT2D eigenvalue weighted by Gasteiger charge is 2.17. The summed E-state index contributed by atoms with van der Waals surface area (Å²) < 4.78 is 5.18. The summed E-state index contributed by atoms with van der Waals surface area (Å²) in [5.41, 5.74) is 3.37.